The largest absolute Gasteiger partial charge is 0.380 e. The molecule has 1 aromatic heterocycles. The molecule has 4 nitrogen and oxygen atoms in total. The first-order chi connectivity index (χ1) is 7.09. The predicted molar refractivity (Wildman–Crippen MR) is 60.5 cm³/mol. The number of carbonyl (C=O) groups excluding carboxylic acids is 1. The summed E-state index contributed by atoms with van der Waals surface area (Å²) < 4.78 is 5.59. The molecule has 0 amide bonds. The Balaban J connectivity index is 2.43. The van der Waals surface area contributed by atoms with Crippen LogP contribution in [0.3, 0.4) is 0 Å². The van der Waals surface area contributed by atoms with Crippen LogP contribution in [0.1, 0.15) is 20.8 Å². The van der Waals surface area contributed by atoms with Crippen molar-refractivity contribution in [1.82, 2.24) is 10.2 Å². The van der Waals surface area contributed by atoms with Crippen LogP contribution in [0.2, 0.25) is 0 Å². The summed E-state index contributed by atoms with van der Waals surface area (Å²) >= 11 is 2.28. The number of nitrogens with zero attached hydrogens (tertiary/aromatic N) is 2. The van der Waals surface area contributed by atoms with Crippen LogP contribution in [-0.2, 0) is 8.98 Å². The Morgan fingerprint density at radius 3 is 2.93 bits per heavy atom. The number of carbonyl (C=O) groups is 1. The highest BCUT2D eigenvalue weighted by Gasteiger charge is 2.09. The standard InChI is InChI=1S/C9H12N2O2S2/c1-6(2)4-7(3)8(12)13-15-9-11-10-5-14-9/h4-6H,1-3H3. The van der Waals surface area contributed by atoms with E-state index in [0.717, 1.165) is 12.0 Å². The lowest BCUT2D eigenvalue weighted by Crippen LogP contribution is -2.01. The fourth-order valence-corrected chi connectivity index (χ4v) is 1.93. The normalized spacial score (nSPS) is 11.9. The first kappa shape index (κ1) is 12.2. The van der Waals surface area contributed by atoms with Crippen LogP contribution in [0.5, 0.6) is 0 Å². The van der Waals surface area contributed by atoms with E-state index in [9.17, 15) is 4.79 Å². The van der Waals surface area contributed by atoms with Crippen LogP contribution in [0.15, 0.2) is 21.5 Å². The molecule has 15 heavy (non-hydrogen) atoms. The Kier molecular flexibility index (Phi) is 4.77. The van der Waals surface area contributed by atoms with Gasteiger partial charge in [-0.15, -0.1) is 10.2 Å². The van der Waals surface area contributed by atoms with Gasteiger partial charge in [0.15, 0.2) is 0 Å². The van der Waals surface area contributed by atoms with Crippen LogP contribution < -0.4 is 0 Å². The van der Waals surface area contributed by atoms with E-state index < -0.39 is 0 Å². The lowest BCUT2D eigenvalue weighted by Gasteiger charge is -2.01. The quantitative estimate of drug-likeness (QED) is 0.602. The Labute approximate surface area is 97.0 Å². The van der Waals surface area contributed by atoms with Gasteiger partial charge in [-0.3, -0.25) is 0 Å². The van der Waals surface area contributed by atoms with Gasteiger partial charge in [-0.1, -0.05) is 31.3 Å². The fourth-order valence-electron chi connectivity index (χ4n) is 0.906. The molecule has 0 aliphatic heterocycles. The number of hydrogen-bond donors (Lipinski definition) is 0. The summed E-state index contributed by atoms with van der Waals surface area (Å²) in [6.45, 7) is 5.76. The number of hydrogen-bond acceptors (Lipinski definition) is 6. The van der Waals surface area contributed by atoms with E-state index in [-0.39, 0.29) is 5.97 Å². The average Bonchev–Trinajstić information content (AvgIpc) is 2.65. The van der Waals surface area contributed by atoms with Crippen LogP contribution >= 0.6 is 23.4 Å². The molecule has 0 N–H and O–H groups in total. The predicted octanol–water partition coefficient (Wildman–Crippen LogP) is 2.69. The number of rotatable bonds is 4. The molecule has 0 aliphatic carbocycles. The zero-order valence-corrected chi connectivity index (χ0v) is 10.4. The van der Waals surface area contributed by atoms with Crippen molar-refractivity contribution in [2.75, 3.05) is 0 Å². The molecule has 0 spiro atoms. The van der Waals surface area contributed by atoms with Crippen molar-refractivity contribution in [1.29, 1.82) is 0 Å². The average molecular weight is 244 g/mol. The summed E-state index contributed by atoms with van der Waals surface area (Å²) in [6.07, 6.45) is 1.86. The SMILES string of the molecule is CC(=CC(C)C)C(=O)OSc1nncs1. The molecular formula is C9H12N2O2S2. The van der Waals surface area contributed by atoms with Crippen molar-refractivity contribution in [3.8, 4) is 0 Å². The lowest BCUT2D eigenvalue weighted by molar-refractivity contribution is -0.128. The third kappa shape index (κ3) is 4.44. The Morgan fingerprint density at radius 2 is 2.40 bits per heavy atom. The van der Waals surface area contributed by atoms with Gasteiger partial charge in [-0.05, 0) is 12.8 Å². The van der Waals surface area contributed by atoms with Crippen molar-refractivity contribution in [2.45, 2.75) is 25.1 Å². The second-order valence-electron chi connectivity index (χ2n) is 3.25. The highest BCUT2D eigenvalue weighted by Crippen LogP contribution is 2.21. The number of aromatic nitrogens is 2. The number of allylic oxidation sites excluding steroid dienone is 1. The molecule has 0 saturated heterocycles. The molecule has 1 rings (SSSR count). The van der Waals surface area contributed by atoms with Crippen molar-refractivity contribution in [3.63, 3.8) is 0 Å². The van der Waals surface area contributed by atoms with Crippen molar-refractivity contribution in [3.05, 3.63) is 17.2 Å². The molecule has 0 fully saturated rings. The van der Waals surface area contributed by atoms with E-state index in [1.165, 1.54) is 11.3 Å². The van der Waals surface area contributed by atoms with Crippen LogP contribution in [0.4, 0.5) is 0 Å². The lowest BCUT2D eigenvalue weighted by atomic mass is 10.1. The van der Waals surface area contributed by atoms with Gasteiger partial charge >= 0.3 is 5.97 Å². The van der Waals surface area contributed by atoms with Crippen molar-refractivity contribution < 1.29 is 8.98 Å². The van der Waals surface area contributed by atoms with E-state index >= 15 is 0 Å². The Morgan fingerprint density at radius 1 is 1.67 bits per heavy atom. The molecule has 6 heteroatoms. The highest BCUT2D eigenvalue weighted by molar-refractivity contribution is 7.96. The fraction of sp³-hybridized carbons (Fsp3) is 0.444. The zero-order chi connectivity index (χ0) is 11.3. The molecular weight excluding hydrogens is 232 g/mol. The summed E-state index contributed by atoms with van der Waals surface area (Å²) in [5.74, 6) is 0.00739. The molecule has 0 saturated carbocycles. The van der Waals surface area contributed by atoms with Gasteiger partial charge in [0.05, 0.1) is 0 Å². The molecule has 0 aromatic carbocycles. The molecule has 0 unspecified atom stereocenters. The maximum Gasteiger partial charge on any atom is 0.345 e. The molecule has 0 atom stereocenters. The van der Waals surface area contributed by atoms with E-state index in [1.807, 2.05) is 19.9 Å². The first-order valence-corrected chi connectivity index (χ1v) is 6.05. The van der Waals surface area contributed by atoms with Crippen LogP contribution in [0, 0.1) is 5.92 Å². The van der Waals surface area contributed by atoms with Crippen molar-refractivity contribution >= 4 is 29.3 Å². The second kappa shape index (κ2) is 5.87. The zero-order valence-electron chi connectivity index (χ0n) is 8.76. The molecule has 0 aliphatic rings. The van der Waals surface area contributed by atoms with Gasteiger partial charge in [0.2, 0.25) is 4.34 Å². The smallest absolute Gasteiger partial charge is 0.345 e. The minimum atomic E-state index is -0.330. The minimum absolute atomic E-state index is 0.330. The van der Waals surface area contributed by atoms with Gasteiger partial charge in [-0.2, -0.15) is 0 Å². The van der Waals surface area contributed by atoms with Gasteiger partial charge < -0.3 is 4.18 Å². The van der Waals surface area contributed by atoms with Crippen molar-refractivity contribution in [2.24, 2.45) is 5.92 Å². The summed E-state index contributed by atoms with van der Waals surface area (Å²) in [5, 5.41) is 7.38. The monoisotopic (exact) mass is 244 g/mol. The van der Waals surface area contributed by atoms with Gasteiger partial charge in [0, 0.05) is 5.57 Å². The molecule has 0 bridgehead atoms. The molecule has 82 valence electrons. The van der Waals surface area contributed by atoms with Crippen LogP contribution in [0.25, 0.3) is 0 Å². The molecule has 1 heterocycles. The van der Waals surface area contributed by atoms with Gasteiger partial charge in [0.1, 0.15) is 17.6 Å². The van der Waals surface area contributed by atoms with E-state index in [0.29, 0.717) is 15.8 Å². The Hall–Kier alpha value is -0.880. The van der Waals surface area contributed by atoms with E-state index in [1.54, 1.807) is 12.4 Å². The molecule has 0 radical (unpaired) electrons. The summed E-state index contributed by atoms with van der Waals surface area (Å²) in [7, 11) is 0. The van der Waals surface area contributed by atoms with E-state index in [2.05, 4.69) is 10.2 Å². The maximum absolute atomic E-state index is 11.4. The summed E-state index contributed by atoms with van der Waals surface area (Å²) in [5.41, 5.74) is 2.20. The molecule has 1 aromatic rings. The minimum Gasteiger partial charge on any atom is -0.380 e. The van der Waals surface area contributed by atoms with E-state index in [4.69, 9.17) is 4.18 Å². The Bertz CT molecular complexity index is 347. The third-order valence-electron chi connectivity index (χ3n) is 1.43. The first-order valence-electron chi connectivity index (χ1n) is 4.43. The van der Waals surface area contributed by atoms with Gasteiger partial charge in [-0.25, -0.2) is 4.79 Å². The summed E-state index contributed by atoms with van der Waals surface area (Å²) in [6, 6.07) is 0. The maximum atomic E-state index is 11.4. The summed E-state index contributed by atoms with van der Waals surface area (Å²) in [4.78, 5) is 11.4. The highest BCUT2D eigenvalue weighted by atomic mass is 32.2. The van der Waals surface area contributed by atoms with Gasteiger partial charge in [0.25, 0.3) is 0 Å². The third-order valence-corrected chi connectivity index (χ3v) is 2.87. The topological polar surface area (TPSA) is 52.1 Å². The van der Waals surface area contributed by atoms with Crippen LogP contribution in [-0.4, -0.2) is 16.2 Å². The second-order valence-corrected chi connectivity index (χ2v) is 5.06.